The highest BCUT2D eigenvalue weighted by atomic mass is 16.6. The minimum Gasteiger partial charge on any atom is -0.390 e. The molecule has 0 spiro atoms. The van der Waals surface area contributed by atoms with E-state index in [-0.39, 0.29) is 5.95 Å². The Hall–Kier alpha value is -1.39. The number of nitrogens with zero attached hydrogens (tertiary/aromatic N) is 3. The topological polar surface area (TPSA) is 61.0 Å². The molecule has 0 aromatic carbocycles. The zero-order valence-electron chi connectivity index (χ0n) is 4.66. The van der Waals surface area contributed by atoms with E-state index >= 15 is 0 Å². The molecule has 0 atom stereocenters. The van der Waals surface area contributed by atoms with Gasteiger partial charge >= 0.3 is 5.95 Å². The van der Waals surface area contributed by atoms with Crippen molar-refractivity contribution in [1.82, 2.24) is 9.55 Å². The van der Waals surface area contributed by atoms with Gasteiger partial charge in [-0.15, -0.1) is 0 Å². The molecule has 5 heteroatoms. The SMILES string of the molecule is Cn1[c][c]nc1[N+](=O)[O-]. The fourth-order valence-corrected chi connectivity index (χ4v) is 0.438. The van der Waals surface area contributed by atoms with Crippen molar-refractivity contribution in [2.45, 2.75) is 0 Å². The van der Waals surface area contributed by atoms with Crippen LogP contribution in [0.3, 0.4) is 0 Å². The molecular formula is C4H3N3O2. The zero-order valence-corrected chi connectivity index (χ0v) is 4.66. The van der Waals surface area contributed by atoms with Crippen molar-refractivity contribution in [3.8, 4) is 0 Å². The van der Waals surface area contributed by atoms with Gasteiger partial charge < -0.3 is 10.1 Å². The van der Waals surface area contributed by atoms with Crippen LogP contribution in [0, 0.1) is 22.5 Å². The molecule has 0 aliphatic rings. The first-order valence-electron chi connectivity index (χ1n) is 2.18. The zero-order chi connectivity index (χ0) is 6.85. The lowest BCUT2D eigenvalue weighted by Crippen LogP contribution is -1.96. The Bertz CT molecular complexity index is 229. The Morgan fingerprint density at radius 3 is 2.78 bits per heavy atom. The van der Waals surface area contributed by atoms with E-state index in [0.717, 1.165) is 0 Å². The molecule has 46 valence electrons. The Balaban J connectivity index is 3.08. The number of hydrogen-bond acceptors (Lipinski definition) is 3. The van der Waals surface area contributed by atoms with Crippen molar-refractivity contribution in [3.05, 3.63) is 22.5 Å². The summed E-state index contributed by atoms with van der Waals surface area (Å²) in [6.45, 7) is 0. The lowest BCUT2D eigenvalue weighted by atomic mass is 10.9. The maximum Gasteiger partial charge on any atom is 0.435 e. The van der Waals surface area contributed by atoms with Crippen LogP contribution in [-0.2, 0) is 7.05 Å². The number of aromatic nitrogens is 2. The van der Waals surface area contributed by atoms with Crippen molar-refractivity contribution in [1.29, 1.82) is 0 Å². The summed E-state index contributed by atoms with van der Waals surface area (Å²) in [5.74, 6) is -0.241. The van der Waals surface area contributed by atoms with Crippen LogP contribution in [0.15, 0.2) is 0 Å². The summed E-state index contributed by atoms with van der Waals surface area (Å²) >= 11 is 0. The molecule has 9 heavy (non-hydrogen) atoms. The quantitative estimate of drug-likeness (QED) is 0.390. The fraction of sp³-hybridized carbons (Fsp3) is 0.250. The average Bonchev–Trinajstić information content (AvgIpc) is 2.13. The van der Waals surface area contributed by atoms with Crippen LogP contribution in [0.2, 0.25) is 0 Å². The molecule has 1 aromatic heterocycles. The molecule has 1 aromatic rings. The summed E-state index contributed by atoms with van der Waals surface area (Å²) in [5.41, 5.74) is 0. The van der Waals surface area contributed by atoms with Gasteiger partial charge in [-0.25, -0.2) is 4.57 Å². The molecule has 0 aliphatic carbocycles. The lowest BCUT2D eigenvalue weighted by molar-refractivity contribution is -0.396. The molecule has 0 fully saturated rings. The van der Waals surface area contributed by atoms with Crippen LogP contribution in [0.1, 0.15) is 0 Å². The lowest BCUT2D eigenvalue weighted by Gasteiger charge is -1.89. The van der Waals surface area contributed by atoms with E-state index in [1.807, 2.05) is 0 Å². The summed E-state index contributed by atoms with van der Waals surface area (Å²) in [4.78, 5) is 12.7. The van der Waals surface area contributed by atoms with E-state index in [1.165, 1.54) is 11.6 Å². The smallest absolute Gasteiger partial charge is 0.390 e. The molecule has 0 bridgehead atoms. The van der Waals surface area contributed by atoms with Gasteiger partial charge in [0.15, 0.2) is 6.20 Å². The highest BCUT2D eigenvalue weighted by Gasteiger charge is 2.09. The van der Waals surface area contributed by atoms with E-state index < -0.39 is 4.92 Å². The van der Waals surface area contributed by atoms with Crippen LogP contribution < -0.4 is 0 Å². The first-order valence-corrected chi connectivity index (χ1v) is 2.18. The van der Waals surface area contributed by atoms with Crippen molar-refractivity contribution in [3.63, 3.8) is 0 Å². The molecule has 2 radical (unpaired) electrons. The molecule has 1 rings (SSSR count). The van der Waals surface area contributed by atoms with Gasteiger partial charge in [0.25, 0.3) is 0 Å². The van der Waals surface area contributed by atoms with Gasteiger partial charge in [0, 0.05) is 0 Å². The van der Waals surface area contributed by atoms with Crippen molar-refractivity contribution < 1.29 is 4.92 Å². The van der Waals surface area contributed by atoms with Gasteiger partial charge in [0.05, 0.1) is 7.05 Å². The second-order valence-corrected chi connectivity index (χ2v) is 1.45. The molecular weight excluding hydrogens is 122 g/mol. The largest absolute Gasteiger partial charge is 0.435 e. The van der Waals surface area contributed by atoms with Crippen molar-refractivity contribution in [2.24, 2.45) is 7.05 Å². The Morgan fingerprint density at radius 2 is 2.56 bits per heavy atom. The molecule has 0 aliphatic heterocycles. The second kappa shape index (κ2) is 1.85. The first-order chi connectivity index (χ1) is 4.22. The highest BCUT2D eigenvalue weighted by molar-refractivity contribution is 5.02. The van der Waals surface area contributed by atoms with Crippen LogP contribution in [0.25, 0.3) is 0 Å². The predicted molar refractivity (Wildman–Crippen MR) is 27.5 cm³/mol. The minimum absolute atomic E-state index is 0.241. The van der Waals surface area contributed by atoms with Crippen LogP contribution in [0.4, 0.5) is 5.95 Å². The van der Waals surface area contributed by atoms with Crippen LogP contribution >= 0.6 is 0 Å². The van der Waals surface area contributed by atoms with Gasteiger partial charge in [-0.1, -0.05) is 4.98 Å². The van der Waals surface area contributed by atoms with Crippen LogP contribution in [-0.4, -0.2) is 14.5 Å². The summed E-state index contributed by atoms with van der Waals surface area (Å²) in [6.07, 6.45) is 4.61. The molecule has 0 unspecified atom stereocenters. The summed E-state index contributed by atoms with van der Waals surface area (Å²) in [7, 11) is 1.49. The number of hydrogen-bond donors (Lipinski definition) is 0. The third kappa shape index (κ3) is 0.883. The van der Waals surface area contributed by atoms with E-state index in [0.29, 0.717) is 0 Å². The normalized spacial score (nSPS) is 9.44. The average molecular weight is 125 g/mol. The summed E-state index contributed by atoms with van der Waals surface area (Å²) < 4.78 is 1.17. The summed E-state index contributed by atoms with van der Waals surface area (Å²) in [6, 6.07) is 0. The summed E-state index contributed by atoms with van der Waals surface area (Å²) in [5, 5.41) is 9.97. The maximum absolute atomic E-state index is 9.97. The van der Waals surface area contributed by atoms with E-state index in [4.69, 9.17) is 0 Å². The Kier molecular flexibility index (Phi) is 1.18. The molecule has 0 saturated carbocycles. The van der Waals surface area contributed by atoms with Crippen molar-refractivity contribution >= 4 is 5.95 Å². The van der Waals surface area contributed by atoms with Gasteiger partial charge in [-0.3, -0.25) is 0 Å². The van der Waals surface area contributed by atoms with E-state index in [9.17, 15) is 10.1 Å². The number of aryl methyl sites for hydroxylation is 1. The third-order valence-corrected chi connectivity index (χ3v) is 0.837. The first kappa shape index (κ1) is 5.74. The van der Waals surface area contributed by atoms with E-state index in [1.54, 1.807) is 0 Å². The number of rotatable bonds is 1. The van der Waals surface area contributed by atoms with Gasteiger partial charge in [0.2, 0.25) is 6.20 Å². The Morgan fingerprint density at radius 1 is 1.89 bits per heavy atom. The maximum atomic E-state index is 9.97. The number of imidazole rings is 1. The van der Waals surface area contributed by atoms with Gasteiger partial charge in [0.1, 0.15) is 0 Å². The second-order valence-electron chi connectivity index (χ2n) is 1.45. The minimum atomic E-state index is -0.590. The molecule has 0 saturated heterocycles. The fourth-order valence-electron chi connectivity index (χ4n) is 0.438. The monoisotopic (exact) mass is 125 g/mol. The van der Waals surface area contributed by atoms with Crippen molar-refractivity contribution in [2.75, 3.05) is 0 Å². The number of nitro groups is 1. The predicted octanol–water partition coefficient (Wildman–Crippen LogP) is -0.0713. The highest BCUT2D eigenvalue weighted by Crippen LogP contribution is 2.01. The molecule has 0 amide bonds. The standard InChI is InChI=1S/C4H3N3O2/c1-6-3-2-5-4(6)7(8)9/h1H3. The van der Waals surface area contributed by atoms with Crippen LogP contribution in [0.5, 0.6) is 0 Å². The van der Waals surface area contributed by atoms with E-state index in [2.05, 4.69) is 17.4 Å². The Labute approximate surface area is 51.1 Å². The third-order valence-electron chi connectivity index (χ3n) is 0.837. The molecule has 5 nitrogen and oxygen atoms in total. The van der Waals surface area contributed by atoms with Gasteiger partial charge in [-0.05, 0) is 4.92 Å². The molecule has 0 N–H and O–H groups in total. The van der Waals surface area contributed by atoms with Gasteiger partial charge in [-0.2, -0.15) is 0 Å². The molecule has 1 heterocycles.